The van der Waals surface area contributed by atoms with Gasteiger partial charge in [-0.1, -0.05) is 6.07 Å². The first-order chi connectivity index (χ1) is 7.34. The van der Waals surface area contributed by atoms with Crippen LogP contribution >= 0.6 is 0 Å². The van der Waals surface area contributed by atoms with Gasteiger partial charge in [0.15, 0.2) is 0 Å². The molecule has 0 atom stereocenters. The molecule has 76 valence electrons. The summed E-state index contributed by atoms with van der Waals surface area (Å²) in [5.74, 6) is 0.967. The van der Waals surface area contributed by atoms with Crippen LogP contribution in [0.1, 0.15) is 5.69 Å². The molecule has 2 aromatic heterocycles. The second kappa shape index (κ2) is 4.36. The van der Waals surface area contributed by atoms with Gasteiger partial charge >= 0.3 is 0 Å². The molecule has 0 aliphatic rings. The van der Waals surface area contributed by atoms with Crippen molar-refractivity contribution >= 4 is 11.8 Å². The normalized spacial score (nSPS) is 9.87. The van der Waals surface area contributed by atoms with Crippen LogP contribution in [0.15, 0.2) is 36.7 Å². The number of nitrogens with one attached hydrogen (secondary N) is 1. The molecule has 5 nitrogen and oxygen atoms in total. The van der Waals surface area contributed by atoms with Crippen LogP contribution in [0.2, 0.25) is 0 Å². The third kappa shape index (κ3) is 2.63. The number of hydrogen-bond acceptors (Lipinski definition) is 5. The molecule has 2 heterocycles. The minimum atomic E-state index is 0.452. The Hall–Kier alpha value is -2.17. The van der Waals surface area contributed by atoms with Gasteiger partial charge in [-0.15, -0.1) is 0 Å². The number of rotatable bonds is 3. The summed E-state index contributed by atoms with van der Waals surface area (Å²) in [5, 5.41) is 3.04. The Morgan fingerprint density at radius 1 is 1.13 bits per heavy atom. The molecule has 0 saturated carbocycles. The van der Waals surface area contributed by atoms with E-state index in [0.29, 0.717) is 18.3 Å². The van der Waals surface area contributed by atoms with Crippen molar-refractivity contribution in [2.75, 3.05) is 11.1 Å². The first-order valence-electron chi connectivity index (χ1n) is 4.57. The summed E-state index contributed by atoms with van der Waals surface area (Å²) in [6.45, 7) is 0.588. The van der Waals surface area contributed by atoms with E-state index in [1.165, 1.54) is 0 Å². The maximum absolute atomic E-state index is 5.52. The van der Waals surface area contributed by atoms with E-state index in [1.54, 1.807) is 18.5 Å². The Kier molecular flexibility index (Phi) is 2.73. The summed E-state index contributed by atoms with van der Waals surface area (Å²) < 4.78 is 0. The quantitative estimate of drug-likeness (QED) is 0.776. The minimum Gasteiger partial charge on any atom is -0.384 e. The van der Waals surface area contributed by atoms with Crippen LogP contribution in [0.5, 0.6) is 0 Å². The molecule has 2 rings (SSSR count). The van der Waals surface area contributed by atoms with Crippen LogP contribution in [-0.4, -0.2) is 15.0 Å². The van der Waals surface area contributed by atoms with E-state index in [4.69, 9.17) is 5.73 Å². The molecule has 0 spiro atoms. The van der Waals surface area contributed by atoms with Gasteiger partial charge in [0.2, 0.25) is 5.95 Å². The molecule has 0 bridgehead atoms. The molecule has 15 heavy (non-hydrogen) atoms. The highest BCUT2D eigenvalue weighted by Gasteiger charge is 1.96. The van der Waals surface area contributed by atoms with Crippen LogP contribution in [-0.2, 0) is 6.54 Å². The number of nitrogen functional groups attached to an aromatic ring is 1. The molecule has 0 radical (unpaired) electrons. The van der Waals surface area contributed by atoms with Crippen LogP contribution < -0.4 is 11.1 Å². The second-order valence-corrected chi connectivity index (χ2v) is 2.98. The summed E-state index contributed by atoms with van der Waals surface area (Å²) >= 11 is 0. The zero-order valence-corrected chi connectivity index (χ0v) is 8.09. The zero-order chi connectivity index (χ0) is 10.5. The summed E-state index contributed by atoms with van der Waals surface area (Å²) in [7, 11) is 0. The van der Waals surface area contributed by atoms with Gasteiger partial charge in [-0.25, -0.2) is 4.98 Å². The maximum Gasteiger partial charge on any atom is 0.224 e. The number of hydrogen-bond donors (Lipinski definition) is 2. The van der Waals surface area contributed by atoms with Crippen LogP contribution in [0.25, 0.3) is 0 Å². The van der Waals surface area contributed by atoms with Gasteiger partial charge in [-0.2, -0.15) is 4.98 Å². The van der Waals surface area contributed by atoms with Crippen molar-refractivity contribution in [2.45, 2.75) is 6.54 Å². The van der Waals surface area contributed by atoms with Crippen molar-refractivity contribution < 1.29 is 0 Å². The molecule has 0 aliphatic carbocycles. The molecule has 0 fully saturated rings. The van der Waals surface area contributed by atoms with Crippen LogP contribution in [0, 0.1) is 0 Å². The summed E-state index contributed by atoms with van der Waals surface area (Å²) in [6, 6.07) is 7.38. The summed E-state index contributed by atoms with van der Waals surface area (Å²) in [6.07, 6.45) is 3.36. The van der Waals surface area contributed by atoms with E-state index in [-0.39, 0.29) is 0 Å². The predicted octanol–water partition coefficient (Wildman–Crippen LogP) is 1.07. The molecule has 2 aromatic rings. The number of anilines is 2. The van der Waals surface area contributed by atoms with E-state index in [1.807, 2.05) is 18.2 Å². The number of nitrogens with zero attached hydrogens (tertiary/aromatic N) is 3. The fourth-order valence-electron chi connectivity index (χ4n) is 1.13. The van der Waals surface area contributed by atoms with Gasteiger partial charge in [-0.05, 0) is 18.2 Å². The fraction of sp³-hybridized carbons (Fsp3) is 0.100. The van der Waals surface area contributed by atoms with Gasteiger partial charge in [0.1, 0.15) is 5.82 Å². The van der Waals surface area contributed by atoms with E-state index in [2.05, 4.69) is 20.3 Å². The monoisotopic (exact) mass is 201 g/mol. The lowest BCUT2D eigenvalue weighted by Gasteiger charge is -2.03. The molecule has 3 N–H and O–H groups in total. The highest BCUT2D eigenvalue weighted by Crippen LogP contribution is 2.03. The minimum absolute atomic E-state index is 0.452. The number of aromatic nitrogens is 3. The molecular weight excluding hydrogens is 190 g/mol. The average Bonchev–Trinajstić information content (AvgIpc) is 2.28. The standard InChI is InChI=1S/C10H11N5/c11-9-4-6-13-10(15-9)14-7-8-3-1-2-5-12-8/h1-6H,7H2,(H3,11,13,14,15). The molecule has 0 saturated heterocycles. The fourth-order valence-corrected chi connectivity index (χ4v) is 1.13. The van der Waals surface area contributed by atoms with Crippen molar-refractivity contribution in [3.05, 3.63) is 42.4 Å². The van der Waals surface area contributed by atoms with Crippen molar-refractivity contribution in [1.82, 2.24) is 15.0 Å². The lowest BCUT2D eigenvalue weighted by molar-refractivity contribution is 1.00. The molecule has 0 aliphatic heterocycles. The van der Waals surface area contributed by atoms with Crippen molar-refractivity contribution in [3.8, 4) is 0 Å². The van der Waals surface area contributed by atoms with E-state index in [9.17, 15) is 0 Å². The smallest absolute Gasteiger partial charge is 0.224 e. The van der Waals surface area contributed by atoms with Gasteiger partial charge in [0.25, 0.3) is 0 Å². The second-order valence-electron chi connectivity index (χ2n) is 2.98. The Morgan fingerprint density at radius 2 is 2.07 bits per heavy atom. The van der Waals surface area contributed by atoms with Gasteiger partial charge in [-0.3, -0.25) is 4.98 Å². The maximum atomic E-state index is 5.52. The SMILES string of the molecule is Nc1ccnc(NCc2ccccn2)n1. The van der Waals surface area contributed by atoms with Gasteiger partial charge in [0, 0.05) is 12.4 Å². The first-order valence-corrected chi connectivity index (χ1v) is 4.57. The van der Waals surface area contributed by atoms with Gasteiger partial charge in [0.05, 0.1) is 12.2 Å². The molecule has 0 aromatic carbocycles. The van der Waals surface area contributed by atoms with E-state index >= 15 is 0 Å². The highest BCUT2D eigenvalue weighted by molar-refractivity contribution is 5.35. The molecular formula is C10H11N5. The molecule has 5 heteroatoms. The van der Waals surface area contributed by atoms with Crippen molar-refractivity contribution in [2.24, 2.45) is 0 Å². The zero-order valence-electron chi connectivity index (χ0n) is 8.09. The topological polar surface area (TPSA) is 76.7 Å². The Labute approximate surface area is 87.4 Å². The summed E-state index contributed by atoms with van der Waals surface area (Å²) in [5.41, 5.74) is 6.45. The average molecular weight is 201 g/mol. The molecule has 0 unspecified atom stereocenters. The Balaban J connectivity index is 1.99. The lowest BCUT2D eigenvalue weighted by atomic mass is 10.3. The van der Waals surface area contributed by atoms with Crippen LogP contribution in [0.4, 0.5) is 11.8 Å². The summed E-state index contributed by atoms with van der Waals surface area (Å²) in [4.78, 5) is 12.2. The third-order valence-electron chi connectivity index (χ3n) is 1.83. The Morgan fingerprint density at radius 3 is 2.80 bits per heavy atom. The first kappa shape index (κ1) is 9.39. The van der Waals surface area contributed by atoms with E-state index < -0.39 is 0 Å². The molecule has 0 amide bonds. The van der Waals surface area contributed by atoms with E-state index in [0.717, 1.165) is 5.69 Å². The van der Waals surface area contributed by atoms with Crippen LogP contribution in [0.3, 0.4) is 0 Å². The lowest BCUT2D eigenvalue weighted by Crippen LogP contribution is -2.05. The Bertz CT molecular complexity index is 429. The predicted molar refractivity (Wildman–Crippen MR) is 58.0 cm³/mol. The van der Waals surface area contributed by atoms with Crippen molar-refractivity contribution in [3.63, 3.8) is 0 Å². The number of pyridine rings is 1. The largest absolute Gasteiger partial charge is 0.384 e. The number of nitrogens with two attached hydrogens (primary N) is 1. The highest BCUT2D eigenvalue weighted by atomic mass is 15.1. The van der Waals surface area contributed by atoms with Crippen molar-refractivity contribution in [1.29, 1.82) is 0 Å². The third-order valence-corrected chi connectivity index (χ3v) is 1.83. The van der Waals surface area contributed by atoms with Gasteiger partial charge < -0.3 is 11.1 Å².